The zero-order valence-electron chi connectivity index (χ0n) is 4.41. The maximum Gasteiger partial charge on any atom is 0.207 e. The van der Waals surface area contributed by atoms with Crippen molar-refractivity contribution in [1.82, 2.24) is 11.1 Å². The standard InChI is InChI=1S/C4H10N3/c1-2-3-7-4(5)6/h5H,2-3H2,1H3,(H2,6,7). The zero-order valence-corrected chi connectivity index (χ0v) is 4.41. The molecule has 0 aliphatic rings. The smallest absolute Gasteiger partial charge is 0.207 e. The molecule has 0 fully saturated rings. The maximum atomic E-state index is 6.55. The van der Waals surface area contributed by atoms with Gasteiger partial charge in [0.2, 0.25) is 5.96 Å². The summed E-state index contributed by atoms with van der Waals surface area (Å²) in [5, 5.41) is 9.10. The number of hydrogen-bond acceptors (Lipinski definition) is 1. The van der Waals surface area contributed by atoms with Crippen molar-refractivity contribution < 1.29 is 0 Å². The van der Waals surface area contributed by atoms with Crippen LogP contribution in [0.3, 0.4) is 0 Å². The highest BCUT2D eigenvalue weighted by Gasteiger charge is 1.80. The molecule has 0 aromatic carbocycles. The Morgan fingerprint density at radius 2 is 2.29 bits per heavy atom. The van der Waals surface area contributed by atoms with Gasteiger partial charge in [0.15, 0.2) is 0 Å². The summed E-state index contributed by atoms with van der Waals surface area (Å²) in [4.78, 5) is 0. The molecule has 0 saturated carbocycles. The molecule has 0 aromatic heterocycles. The van der Waals surface area contributed by atoms with Gasteiger partial charge in [0.05, 0.1) is 0 Å². The summed E-state index contributed by atoms with van der Waals surface area (Å²) in [6.07, 6.45) is 0.973. The first-order valence-electron chi connectivity index (χ1n) is 2.31. The lowest BCUT2D eigenvalue weighted by molar-refractivity contribution is 0.827. The summed E-state index contributed by atoms with van der Waals surface area (Å²) in [6, 6.07) is 0. The molecule has 41 valence electrons. The highest BCUT2D eigenvalue weighted by atomic mass is 15.0. The molecular formula is C4H10N3. The van der Waals surface area contributed by atoms with Crippen LogP contribution in [0.5, 0.6) is 0 Å². The topological polar surface area (TPSA) is 59.7 Å². The van der Waals surface area contributed by atoms with E-state index < -0.39 is 0 Å². The third kappa shape index (κ3) is 5.27. The largest absolute Gasteiger partial charge is 0.355 e. The van der Waals surface area contributed by atoms with Gasteiger partial charge in [0, 0.05) is 6.54 Å². The van der Waals surface area contributed by atoms with Crippen LogP contribution in [0.4, 0.5) is 0 Å². The predicted molar refractivity (Wildman–Crippen MR) is 29.1 cm³/mol. The van der Waals surface area contributed by atoms with Crippen LogP contribution in [-0.2, 0) is 0 Å². The molecule has 1 radical (unpaired) electrons. The first-order chi connectivity index (χ1) is 3.27. The maximum absolute atomic E-state index is 6.55. The van der Waals surface area contributed by atoms with Crippen LogP contribution in [0.2, 0.25) is 0 Å². The van der Waals surface area contributed by atoms with Crippen LogP contribution in [0.1, 0.15) is 13.3 Å². The minimum absolute atomic E-state index is 0.193. The van der Waals surface area contributed by atoms with Gasteiger partial charge in [-0.1, -0.05) is 6.92 Å². The van der Waals surface area contributed by atoms with Crippen LogP contribution in [0.25, 0.3) is 0 Å². The summed E-state index contributed by atoms with van der Waals surface area (Å²) in [7, 11) is 0. The summed E-state index contributed by atoms with van der Waals surface area (Å²) in [5.41, 5.74) is 6.55. The highest BCUT2D eigenvalue weighted by Crippen LogP contribution is 1.66. The van der Waals surface area contributed by atoms with E-state index >= 15 is 0 Å². The molecule has 0 saturated heterocycles. The van der Waals surface area contributed by atoms with Gasteiger partial charge in [-0.05, 0) is 6.42 Å². The van der Waals surface area contributed by atoms with Gasteiger partial charge in [-0.3, -0.25) is 11.1 Å². The molecule has 0 aromatic rings. The van der Waals surface area contributed by atoms with Crippen molar-refractivity contribution in [3.63, 3.8) is 0 Å². The highest BCUT2D eigenvalue weighted by molar-refractivity contribution is 5.73. The molecule has 3 nitrogen and oxygen atoms in total. The van der Waals surface area contributed by atoms with E-state index in [0.29, 0.717) is 0 Å². The summed E-state index contributed by atoms with van der Waals surface area (Å²) < 4.78 is 0. The first kappa shape index (κ1) is 6.27. The molecule has 0 rings (SSSR count). The lowest BCUT2D eigenvalue weighted by Gasteiger charge is -1.95. The number of hydrogen-bond donors (Lipinski definition) is 2. The van der Waals surface area contributed by atoms with Crippen LogP contribution in [0.15, 0.2) is 0 Å². The molecule has 0 unspecified atom stereocenters. The molecule has 7 heavy (non-hydrogen) atoms. The third-order valence-electron chi connectivity index (χ3n) is 0.552. The van der Waals surface area contributed by atoms with E-state index in [4.69, 9.17) is 11.1 Å². The monoisotopic (exact) mass is 100 g/mol. The fraction of sp³-hybridized carbons (Fsp3) is 0.750. The fourth-order valence-corrected chi connectivity index (χ4v) is 0.250. The summed E-state index contributed by atoms with van der Waals surface area (Å²) in [5.74, 6) is -0.193. The SMILES string of the molecule is CCCNC([NH])=N. The number of rotatable bonds is 2. The van der Waals surface area contributed by atoms with Gasteiger partial charge in [-0.25, -0.2) is 0 Å². The Balaban J connectivity index is 2.82. The van der Waals surface area contributed by atoms with Gasteiger partial charge in [0.1, 0.15) is 0 Å². The van der Waals surface area contributed by atoms with Gasteiger partial charge in [-0.15, -0.1) is 0 Å². The second kappa shape index (κ2) is 3.46. The second-order valence-electron chi connectivity index (χ2n) is 1.30. The Kier molecular flexibility index (Phi) is 3.10. The van der Waals surface area contributed by atoms with Crippen molar-refractivity contribution in [3.8, 4) is 0 Å². The summed E-state index contributed by atoms with van der Waals surface area (Å²) >= 11 is 0. The van der Waals surface area contributed by atoms with Crippen molar-refractivity contribution in [2.24, 2.45) is 0 Å². The summed E-state index contributed by atoms with van der Waals surface area (Å²) in [6.45, 7) is 2.73. The number of nitrogens with one attached hydrogen (secondary N) is 3. The van der Waals surface area contributed by atoms with Crippen molar-refractivity contribution in [2.45, 2.75) is 13.3 Å². The Hall–Kier alpha value is -0.730. The average Bonchev–Trinajstić information content (AvgIpc) is 1.61. The zero-order chi connectivity index (χ0) is 5.70. The van der Waals surface area contributed by atoms with Crippen molar-refractivity contribution in [1.29, 1.82) is 5.41 Å². The Labute approximate surface area is 43.4 Å². The molecule has 3 heteroatoms. The minimum Gasteiger partial charge on any atom is -0.355 e. The lowest BCUT2D eigenvalue weighted by atomic mass is 10.5. The van der Waals surface area contributed by atoms with E-state index in [1.807, 2.05) is 6.92 Å². The van der Waals surface area contributed by atoms with E-state index in [9.17, 15) is 0 Å². The van der Waals surface area contributed by atoms with Gasteiger partial charge >= 0.3 is 0 Å². The molecule has 0 aliphatic carbocycles. The van der Waals surface area contributed by atoms with Gasteiger partial charge in [0.25, 0.3) is 0 Å². The molecule has 0 spiro atoms. The van der Waals surface area contributed by atoms with Crippen LogP contribution in [-0.4, -0.2) is 12.5 Å². The second-order valence-corrected chi connectivity index (χ2v) is 1.30. The molecule has 0 atom stereocenters. The van der Waals surface area contributed by atoms with Crippen molar-refractivity contribution in [3.05, 3.63) is 0 Å². The first-order valence-corrected chi connectivity index (χ1v) is 2.31. The number of guanidine groups is 1. The molecule has 0 amide bonds. The van der Waals surface area contributed by atoms with Gasteiger partial charge in [-0.2, -0.15) is 0 Å². The van der Waals surface area contributed by atoms with Crippen LogP contribution in [0, 0.1) is 5.41 Å². The molecule has 0 heterocycles. The van der Waals surface area contributed by atoms with E-state index in [1.165, 1.54) is 0 Å². The average molecular weight is 100 g/mol. The van der Waals surface area contributed by atoms with Crippen molar-refractivity contribution >= 4 is 5.96 Å². The normalized spacial score (nSPS) is 8.14. The molecule has 0 bridgehead atoms. The minimum atomic E-state index is -0.193. The Bertz CT molecular complexity index is 60.0. The lowest BCUT2D eigenvalue weighted by Crippen LogP contribution is -2.23. The van der Waals surface area contributed by atoms with Crippen LogP contribution >= 0.6 is 0 Å². The Morgan fingerprint density at radius 3 is 2.43 bits per heavy atom. The predicted octanol–water partition coefficient (Wildman–Crippen LogP) is 0.204. The van der Waals surface area contributed by atoms with E-state index in [-0.39, 0.29) is 5.96 Å². The molecule has 0 aliphatic heterocycles. The molecule has 3 N–H and O–H groups in total. The van der Waals surface area contributed by atoms with E-state index in [0.717, 1.165) is 13.0 Å². The third-order valence-corrected chi connectivity index (χ3v) is 0.552. The van der Waals surface area contributed by atoms with E-state index in [2.05, 4.69) is 5.32 Å². The van der Waals surface area contributed by atoms with Crippen LogP contribution < -0.4 is 11.1 Å². The van der Waals surface area contributed by atoms with E-state index in [1.54, 1.807) is 0 Å². The fourth-order valence-electron chi connectivity index (χ4n) is 0.250. The quantitative estimate of drug-likeness (QED) is 0.378. The molecular weight excluding hydrogens is 90.1 g/mol. The van der Waals surface area contributed by atoms with Crippen molar-refractivity contribution in [2.75, 3.05) is 6.54 Å². The van der Waals surface area contributed by atoms with Gasteiger partial charge < -0.3 is 5.32 Å². The Morgan fingerprint density at radius 1 is 1.71 bits per heavy atom.